The summed E-state index contributed by atoms with van der Waals surface area (Å²) < 4.78 is 90.6. The molecule has 0 saturated carbocycles. The Morgan fingerprint density at radius 1 is 0.735 bits per heavy atom. The highest BCUT2D eigenvalue weighted by molar-refractivity contribution is 5.77. The number of ether oxygens (including phenoxy) is 3. The Labute approximate surface area is 283 Å². The lowest BCUT2D eigenvalue weighted by atomic mass is 9.82. The van der Waals surface area contributed by atoms with Crippen molar-refractivity contribution in [1.82, 2.24) is 14.7 Å². The first kappa shape index (κ1) is 38.1. The average Bonchev–Trinajstić information content (AvgIpc) is 2.96. The highest BCUT2D eigenvalue weighted by atomic mass is 19.4. The molecule has 0 spiro atoms. The first-order valence-corrected chi connectivity index (χ1v) is 16.3. The van der Waals surface area contributed by atoms with Crippen LogP contribution in [0.5, 0.6) is 11.5 Å². The number of amides is 2. The molecule has 272 valence electrons. The smallest absolute Gasteiger partial charge is 0.444 e. The second-order valence-corrected chi connectivity index (χ2v) is 14.7. The third kappa shape index (κ3) is 11.2. The van der Waals surface area contributed by atoms with Crippen LogP contribution in [-0.2, 0) is 9.53 Å². The zero-order valence-corrected chi connectivity index (χ0v) is 28.7. The van der Waals surface area contributed by atoms with Crippen LogP contribution in [0.1, 0.15) is 78.0 Å². The van der Waals surface area contributed by atoms with Crippen molar-refractivity contribution in [3.05, 3.63) is 59.7 Å². The molecule has 14 heteroatoms. The van der Waals surface area contributed by atoms with E-state index in [4.69, 9.17) is 4.74 Å². The van der Waals surface area contributed by atoms with Gasteiger partial charge < -0.3 is 24.0 Å². The molecule has 8 nitrogen and oxygen atoms in total. The third-order valence-electron chi connectivity index (χ3n) is 8.69. The molecule has 2 fully saturated rings. The fourth-order valence-electron chi connectivity index (χ4n) is 6.41. The van der Waals surface area contributed by atoms with Gasteiger partial charge >= 0.3 is 18.8 Å². The van der Waals surface area contributed by atoms with Crippen molar-refractivity contribution in [2.24, 2.45) is 11.3 Å². The zero-order chi connectivity index (χ0) is 36.4. The van der Waals surface area contributed by atoms with Crippen LogP contribution in [0.15, 0.2) is 48.5 Å². The number of alkyl halides is 6. The summed E-state index contributed by atoms with van der Waals surface area (Å²) in [4.78, 5) is 32.0. The number of hydrogen-bond acceptors (Lipinski definition) is 6. The van der Waals surface area contributed by atoms with Crippen LogP contribution >= 0.6 is 0 Å². The molecule has 0 N–H and O–H groups in total. The van der Waals surface area contributed by atoms with Crippen LogP contribution in [0.25, 0.3) is 0 Å². The molecule has 0 aliphatic carbocycles. The number of hydrogen-bond donors (Lipinski definition) is 0. The molecule has 49 heavy (non-hydrogen) atoms. The Morgan fingerprint density at radius 2 is 1.20 bits per heavy atom. The molecule has 2 aliphatic rings. The summed E-state index contributed by atoms with van der Waals surface area (Å²) in [7, 11) is 0. The van der Waals surface area contributed by atoms with Crippen molar-refractivity contribution in [3.63, 3.8) is 0 Å². The molecular formula is C35H45F6N3O5. The van der Waals surface area contributed by atoms with Gasteiger partial charge in [-0.3, -0.25) is 9.69 Å². The van der Waals surface area contributed by atoms with Gasteiger partial charge in [0.05, 0.1) is 6.04 Å². The molecule has 2 aromatic carbocycles. The average molecular weight is 702 g/mol. The Kier molecular flexibility index (Phi) is 11.4. The van der Waals surface area contributed by atoms with Gasteiger partial charge in [-0.2, -0.15) is 0 Å². The Balaban J connectivity index is 1.52. The number of likely N-dealkylation sites (tertiary alicyclic amines) is 1. The van der Waals surface area contributed by atoms with Crippen LogP contribution in [0.3, 0.4) is 0 Å². The van der Waals surface area contributed by atoms with E-state index < -0.39 is 35.9 Å². The molecule has 0 radical (unpaired) electrons. The highest BCUT2D eigenvalue weighted by Crippen LogP contribution is 2.38. The minimum atomic E-state index is -4.87. The normalized spacial score (nSPS) is 18.8. The SMILES string of the molecule is CC(C)(C)OC(=O)N1CCC(CC(=O)N2CCN(C(c3ccc(OC(F)(F)F)cc3)c3ccc(OC(F)(F)F)cc3)C[C@@H]2C(C)(C)C)CC1. The second-order valence-electron chi connectivity index (χ2n) is 14.7. The van der Waals surface area contributed by atoms with Gasteiger partial charge in [0.25, 0.3) is 0 Å². The number of carbonyl (C=O) groups is 2. The topological polar surface area (TPSA) is 71.6 Å². The number of halogens is 6. The number of piperidine rings is 1. The molecule has 2 aliphatic heterocycles. The van der Waals surface area contributed by atoms with E-state index in [-0.39, 0.29) is 29.4 Å². The molecule has 2 amide bonds. The van der Waals surface area contributed by atoms with E-state index in [1.54, 1.807) is 4.90 Å². The van der Waals surface area contributed by atoms with E-state index in [9.17, 15) is 35.9 Å². The van der Waals surface area contributed by atoms with Gasteiger partial charge in [0.1, 0.15) is 17.1 Å². The van der Waals surface area contributed by atoms with Crippen LogP contribution in [0, 0.1) is 11.3 Å². The molecule has 2 aromatic rings. The van der Waals surface area contributed by atoms with Gasteiger partial charge in [-0.15, -0.1) is 26.3 Å². The maximum absolute atomic E-state index is 13.8. The predicted octanol–water partition coefficient (Wildman–Crippen LogP) is 8.17. The molecule has 0 bridgehead atoms. The Hall–Kier alpha value is -3.68. The lowest BCUT2D eigenvalue weighted by Gasteiger charge is -2.50. The van der Waals surface area contributed by atoms with E-state index in [2.05, 4.69) is 14.4 Å². The fourth-order valence-corrected chi connectivity index (χ4v) is 6.41. The molecule has 0 aromatic heterocycles. The minimum Gasteiger partial charge on any atom is -0.444 e. The number of nitrogens with zero attached hydrogens (tertiary/aromatic N) is 3. The molecule has 2 heterocycles. The van der Waals surface area contributed by atoms with Gasteiger partial charge in [0.15, 0.2) is 0 Å². The van der Waals surface area contributed by atoms with Gasteiger partial charge in [-0.05, 0) is 80.3 Å². The lowest BCUT2D eigenvalue weighted by Crippen LogP contribution is -2.60. The Bertz CT molecular complexity index is 1350. The Morgan fingerprint density at radius 3 is 1.61 bits per heavy atom. The predicted molar refractivity (Wildman–Crippen MR) is 170 cm³/mol. The monoisotopic (exact) mass is 701 g/mol. The van der Waals surface area contributed by atoms with Gasteiger partial charge in [-0.1, -0.05) is 45.0 Å². The van der Waals surface area contributed by atoms with E-state index in [0.29, 0.717) is 63.1 Å². The van der Waals surface area contributed by atoms with E-state index >= 15 is 0 Å². The van der Waals surface area contributed by atoms with E-state index in [1.165, 1.54) is 48.5 Å². The maximum atomic E-state index is 13.8. The highest BCUT2D eigenvalue weighted by Gasteiger charge is 2.41. The quantitative estimate of drug-likeness (QED) is 0.272. The number of benzene rings is 2. The minimum absolute atomic E-state index is 0.00847. The van der Waals surface area contributed by atoms with Crippen molar-refractivity contribution in [3.8, 4) is 11.5 Å². The number of piperazine rings is 1. The van der Waals surface area contributed by atoms with Gasteiger partial charge in [0.2, 0.25) is 5.91 Å². The molecule has 0 unspecified atom stereocenters. The van der Waals surface area contributed by atoms with E-state index in [1.807, 2.05) is 46.4 Å². The van der Waals surface area contributed by atoms with Crippen LogP contribution in [-0.4, -0.2) is 83.8 Å². The van der Waals surface area contributed by atoms with Crippen LogP contribution in [0.4, 0.5) is 31.1 Å². The van der Waals surface area contributed by atoms with Crippen molar-refractivity contribution >= 4 is 12.0 Å². The van der Waals surface area contributed by atoms with Gasteiger partial charge in [-0.25, -0.2) is 4.79 Å². The first-order valence-electron chi connectivity index (χ1n) is 16.3. The fraction of sp³-hybridized carbons (Fsp3) is 0.600. The summed E-state index contributed by atoms with van der Waals surface area (Å²) >= 11 is 0. The van der Waals surface area contributed by atoms with Crippen molar-refractivity contribution in [2.45, 2.75) is 91.2 Å². The molecular weight excluding hydrogens is 656 g/mol. The number of carbonyl (C=O) groups excluding carboxylic acids is 2. The summed E-state index contributed by atoms with van der Waals surface area (Å²) in [5, 5.41) is 0. The summed E-state index contributed by atoms with van der Waals surface area (Å²) in [6, 6.07) is 9.99. The summed E-state index contributed by atoms with van der Waals surface area (Å²) in [5.41, 5.74) is 0.239. The zero-order valence-electron chi connectivity index (χ0n) is 28.7. The molecule has 2 saturated heterocycles. The first-order chi connectivity index (χ1) is 22.6. The van der Waals surface area contributed by atoms with Crippen molar-refractivity contribution in [2.75, 3.05) is 32.7 Å². The number of rotatable bonds is 7. The largest absolute Gasteiger partial charge is 0.573 e. The summed E-state index contributed by atoms with van der Waals surface area (Å²) in [6.45, 7) is 13.7. The van der Waals surface area contributed by atoms with Crippen molar-refractivity contribution in [1.29, 1.82) is 0 Å². The van der Waals surface area contributed by atoms with E-state index in [0.717, 1.165) is 0 Å². The standard InChI is InChI=1S/C35H45F6N3O5/c1-32(2,3)28-22-43(19-20-44(28)29(45)21-23-15-17-42(18-16-23)31(46)49-33(4,5)6)30(24-7-11-26(12-8-24)47-34(36,37)38)25-9-13-27(14-10-25)48-35(39,40)41/h7-14,23,28,30H,15-22H2,1-6H3/t28-/m1/s1. The van der Waals surface area contributed by atoms with Crippen molar-refractivity contribution < 1.29 is 50.1 Å². The maximum Gasteiger partial charge on any atom is 0.573 e. The van der Waals surface area contributed by atoms with Crippen LogP contribution < -0.4 is 9.47 Å². The molecule has 1 atom stereocenters. The van der Waals surface area contributed by atoms with Gasteiger partial charge in [0, 0.05) is 45.2 Å². The van der Waals surface area contributed by atoms with Crippen LogP contribution in [0.2, 0.25) is 0 Å². The second kappa shape index (κ2) is 14.7. The summed E-state index contributed by atoms with van der Waals surface area (Å²) in [5.74, 6) is -0.686. The third-order valence-corrected chi connectivity index (χ3v) is 8.69. The lowest BCUT2D eigenvalue weighted by molar-refractivity contribution is -0.275. The summed E-state index contributed by atoms with van der Waals surface area (Å²) in [6.07, 6.45) is -8.41. The molecule has 4 rings (SSSR count).